The second kappa shape index (κ2) is 7.66. The van der Waals surface area contributed by atoms with E-state index < -0.39 is 0 Å². The molecule has 0 spiro atoms. The highest BCUT2D eigenvalue weighted by atomic mass is 16.5. The quantitative estimate of drug-likeness (QED) is 0.547. The van der Waals surface area contributed by atoms with Crippen LogP contribution in [0.25, 0.3) is 0 Å². The van der Waals surface area contributed by atoms with Gasteiger partial charge < -0.3 is 15.0 Å². The van der Waals surface area contributed by atoms with Gasteiger partial charge in [0, 0.05) is 18.5 Å². The first-order valence-corrected chi connectivity index (χ1v) is 6.17. The molecule has 1 aromatic heterocycles. The third kappa shape index (κ3) is 5.14. The smallest absolute Gasteiger partial charge is 0.252 e. The van der Waals surface area contributed by atoms with Crippen LogP contribution in [0, 0.1) is 0 Å². The fourth-order valence-corrected chi connectivity index (χ4v) is 1.36. The van der Waals surface area contributed by atoms with E-state index in [-0.39, 0.29) is 11.5 Å². The van der Waals surface area contributed by atoms with Crippen molar-refractivity contribution in [3.05, 3.63) is 34.9 Å². The summed E-state index contributed by atoms with van der Waals surface area (Å²) in [6.45, 7) is 9.48. The Hall–Kier alpha value is -1.62. The highest BCUT2D eigenvalue weighted by Gasteiger charge is 2.04. The van der Waals surface area contributed by atoms with Crippen LogP contribution in [0.1, 0.15) is 32.0 Å². The lowest BCUT2D eigenvalue weighted by Gasteiger charge is -2.09. The molecule has 2 N–H and O–H groups in total. The molecule has 0 aliphatic carbocycles. The minimum absolute atomic E-state index is 0.135. The van der Waals surface area contributed by atoms with Crippen molar-refractivity contribution in [1.82, 2.24) is 9.97 Å². The van der Waals surface area contributed by atoms with E-state index in [4.69, 9.17) is 4.74 Å². The van der Waals surface area contributed by atoms with Crippen LogP contribution >= 0.6 is 0 Å². The maximum atomic E-state index is 11.4. The Balaban J connectivity index is 2.42. The second-order valence-corrected chi connectivity index (χ2v) is 4.29. The van der Waals surface area contributed by atoms with Crippen molar-refractivity contribution in [3.8, 4) is 0 Å². The molecule has 0 radical (unpaired) electrons. The molecule has 0 unspecified atom stereocenters. The molecule has 18 heavy (non-hydrogen) atoms. The van der Waals surface area contributed by atoms with Crippen LogP contribution in [-0.2, 0) is 4.74 Å². The molecule has 1 aromatic rings. The zero-order valence-corrected chi connectivity index (χ0v) is 11.0. The van der Waals surface area contributed by atoms with E-state index in [1.54, 1.807) is 0 Å². The SMILES string of the molecule is C=CCCOCCNc1cc(=O)[nH]c(C(C)C)n1. The molecule has 1 heterocycles. The lowest BCUT2D eigenvalue weighted by Crippen LogP contribution is -2.17. The van der Waals surface area contributed by atoms with Gasteiger partial charge in [-0.2, -0.15) is 0 Å². The molecule has 0 fully saturated rings. The first-order chi connectivity index (χ1) is 8.63. The molecular weight excluding hydrogens is 230 g/mol. The molecular formula is C13H21N3O2. The van der Waals surface area contributed by atoms with Crippen molar-refractivity contribution < 1.29 is 4.74 Å². The molecule has 100 valence electrons. The van der Waals surface area contributed by atoms with Crippen molar-refractivity contribution in [2.75, 3.05) is 25.1 Å². The number of ether oxygens (including phenoxy) is 1. The summed E-state index contributed by atoms with van der Waals surface area (Å²) in [7, 11) is 0. The monoisotopic (exact) mass is 251 g/mol. The summed E-state index contributed by atoms with van der Waals surface area (Å²) in [4.78, 5) is 18.5. The van der Waals surface area contributed by atoms with E-state index >= 15 is 0 Å². The van der Waals surface area contributed by atoms with E-state index in [1.807, 2.05) is 19.9 Å². The summed E-state index contributed by atoms with van der Waals surface area (Å²) in [5.41, 5.74) is -0.135. The zero-order chi connectivity index (χ0) is 13.4. The standard InChI is InChI=1S/C13H21N3O2/c1-4-5-7-18-8-6-14-11-9-12(17)16-13(15-11)10(2)3/h4,9-10H,1,5-8H2,2-3H3,(H2,14,15,16,17). The molecule has 0 atom stereocenters. The Morgan fingerprint density at radius 2 is 2.33 bits per heavy atom. The summed E-state index contributed by atoms with van der Waals surface area (Å²) in [5.74, 6) is 1.48. The molecule has 0 saturated heterocycles. The average molecular weight is 251 g/mol. The summed E-state index contributed by atoms with van der Waals surface area (Å²) in [6, 6.07) is 1.45. The Kier molecular flexibility index (Phi) is 6.14. The first-order valence-electron chi connectivity index (χ1n) is 6.17. The molecule has 5 nitrogen and oxygen atoms in total. The Morgan fingerprint density at radius 1 is 1.56 bits per heavy atom. The van der Waals surface area contributed by atoms with E-state index in [0.717, 1.165) is 6.42 Å². The number of H-pyrrole nitrogens is 1. The Labute approximate surface area is 107 Å². The van der Waals surface area contributed by atoms with Crippen LogP contribution in [0.5, 0.6) is 0 Å². The average Bonchev–Trinajstić information content (AvgIpc) is 2.33. The zero-order valence-electron chi connectivity index (χ0n) is 11.0. The molecule has 0 saturated carbocycles. The number of hydrogen-bond donors (Lipinski definition) is 2. The number of aromatic amines is 1. The first kappa shape index (κ1) is 14.4. The maximum Gasteiger partial charge on any atom is 0.252 e. The van der Waals surface area contributed by atoms with Gasteiger partial charge in [0.1, 0.15) is 11.6 Å². The van der Waals surface area contributed by atoms with Gasteiger partial charge in [-0.3, -0.25) is 4.79 Å². The van der Waals surface area contributed by atoms with Gasteiger partial charge in [0.15, 0.2) is 0 Å². The second-order valence-electron chi connectivity index (χ2n) is 4.29. The van der Waals surface area contributed by atoms with Crippen LogP contribution in [0.2, 0.25) is 0 Å². The fourth-order valence-electron chi connectivity index (χ4n) is 1.36. The van der Waals surface area contributed by atoms with Gasteiger partial charge in [0.2, 0.25) is 0 Å². The number of nitrogens with zero attached hydrogens (tertiary/aromatic N) is 1. The highest BCUT2D eigenvalue weighted by molar-refractivity contribution is 5.33. The molecule has 0 aliphatic heterocycles. The number of nitrogens with one attached hydrogen (secondary N) is 2. The minimum Gasteiger partial charge on any atom is -0.379 e. The number of rotatable bonds is 8. The Bertz CT molecular complexity index is 426. The van der Waals surface area contributed by atoms with Crippen molar-refractivity contribution in [2.24, 2.45) is 0 Å². The van der Waals surface area contributed by atoms with Crippen LogP contribution < -0.4 is 10.9 Å². The van der Waals surface area contributed by atoms with E-state index in [9.17, 15) is 4.79 Å². The van der Waals surface area contributed by atoms with Gasteiger partial charge in [-0.15, -0.1) is 6.58 Å². The molecule has 0 aromatic carbocycles. The number of hydrogen-bond acceptors (Lipinski definition) is 4. The molecule has 0 amide bonds. The normalized spacial score (nSPS) is 10.6. The van der Waals surface area contributed by atoms with Gasteiger partial charge in [-0.05, 0) is 6.42 Å². The predicted octanol–water partition coefficient (Wildman–Crippen LogP) is 1.90. The molecule has 0 bridgehead atoms. The van der Waals surface area contributed by atoms with Gasteiger partial charge in [0.25, 0.3) is 5.56 Å². The largest absolute Gasteiger partial charge is 0.379 e. The molecule has 5 heteroatoms. The number of anilines is 1. The summed E-state index contributed by atoms with van der Waals surface area (Å²) in [6.07, 6.45) is 2.67. The van der Waals surface area contributed by atoms with Crippen LogP contribution in [0.15, 0.2) is 23.5 Å². The van der Waals surface area contributed by atoms with Crippen LogP contribution in [0.3, 0.4) is 0 Å². The molecule has 0 aliphatic rings. The minimum atomic E-state index is -0.135. The number of aromatic nitrogens is 2. The highest BCUT2D eigenvalue weighted by Crippen LogP contribution is 2.08. The van der Waals surface area contributed by atoms with Crippen LogP contribution in [-0.4, -0.2) is 29.7 Å². The maximum absolute atomic E-state index is 11.4. The van der Waals surface area contributed by atoms with E-state index in [2.05, 4.69) is 21.9 Å². The third-order valence-electron chi connectivity index (χ3n) is 2.33. The van der Waals surface area contributed by atoms with E-state index in [1.165, 1.54) is 6.07 Å². The van der Waals surface area contributed by atoms with Gasteiger partial charge >= 0.3 is 0 Å². The van der Waals surface area contributed by atoms with Crippen LogP contribution in [0.4, 0.5) is 5.82 Å². The molecule has 1 rings (SSSR count). The summed E-state index contributed by atoms with van der Waals surface area (Å²) >= 11 is 0. The van der Waals surface area contributed by atoms with Crippen molar-refractivity contribution in [3.63, 3.8) is 0 Å². The fraction of sp³-hybridized carbons (Fsp3) is 0.538. The van der Waals surface area contributed by atoms with Gasteiger partial charge in [-0.25, -0.2) is 4.98 Å². The van der Waals surface area contributed by atoms with Gasteiger partial charge in [-0.1, -0.05) is 19.9 Å². The summed E-state index contributed by atoms with van der Waals surface area (Å²) in [5, 5.41) is 3.08. The Morgan fingerprint density at radius 3 is 3.00 bits per heavy atom. The van der Waals surface area contributed by atoms with Gasteiger partial charge in [0.05, 0.1) is 13.2 Å². The van der Waals surface area contributed by atoms with Crippen molar-refractivity contribution in [2.45, 2.75) is 26.2 Å². The van der Waals surface area contributed by atoms with E-state index in [0.29, 0.717) is 31.4 Å². The third-order valence-corrected chi connectivity index (χ3v) is 2.33. The lowest BCUT2D eigenvalue weighted by molar-refractivity contribution is 0.149. The summed E-state index contributed by atoms with van der Waals surface area (Å²) < 4.78 is 5.36. The predicted molar refractivity (Wildman–Crippen MR) is 73.1 cm³/mol. The van der Waals surface area contributed by atoms with Crippen molar-refractivity contribution in [1.29, 1.82) is 0 Å². The lowest BCUT2D eigenvalue weighted by atomic mass is 10.2. The topological polar surface area (TPSA) is 67.0 Å². The van der Waals surface area contributed by atoms with Crippen molar-refractivity contribution >= 4 is 5.82 Å².